The molecule has 0 heterocycles. The number of phenolic OH excluding ortho intramolecular Hbond substituents is 1. The van der Waals surface area contributed by atoms with E-state index >= 15 is 0 Å². The third-order valence-electron chi connectivity index (χ3n) is 2.65. The molecule has 0 bridgehead atoms. The summed E-state index contributed by atoms with van der Waals surface area (Å²) in [5.41, 5.74) is 3.37. The minimum atomic E-state index is 0.294. The van der Waals surface area contributed by atoms with Crippen LogP contribution < -0.4 is 5.32 Å². The molecular formula is C16H17NO. The highest BCUT2D eigenvalue weighted by Crippen LogP contribution is 2.14. The maximum atomic E-state index is 9.19. The Bertz CT molecular complexity index is 512. The highest BCUT2D eigenvalue weighted by atomic mass is 16.3. The quantitative estimate of drug-likeness (QED) is 0.790. The average Bonchev–Trinajstić information content (AvgIpc) is 2.40. The molecule has 0 radical (unpaired) electrons. The van der Waals surface area contributed by atoms with Crippen LogP contribution in [-0.4, -0.2) is 11.7 Å². The van der Waals surface area contributed by atoms with E-state index in [-0.39, 0.29) is 0 Å². The zero-order valence-corrected chi connectivity index (χ0v) is 10.4. The van der Waals surface area contributed by atoms with E-state index in [9.17, 15) is 5.11 Å². The molecule has 18 heavy (non-hydrogen) atoms. The number of nitrogens with one attached hydrogen (secondary N) is 1. The molecule has 2 heteroatoms. The van der Waals surface area contributed by atoms with Crippen LogP contribution >= 0.6 is 0 Å². The van der Waals surface area contributed by atoms with Gasteiger partial charge in [-0.05, 0) is 42.3 Å². The Balaban J connectivity index is 2.06. The van der Waals surface area contributed by atoms with Crippen molar-refractivity contribution >= 4 is 17.8 Å². The van der Waals surface area contributed by atoms with E-state index in [2.05, 4.69) is 42.6 Å². The summed E-state index contributed by atoms with van der Waals surface area (Å²) >= 11 is 0. The zero-order valence-electron chi connectivity index (χ0n) is 10.4. The van der Waals surface area contributed by atoms with Crippen molar-refractivity contribution in [3.63, 3.8) is 0 Å². The molecule has 2 rings (SSSR count). The molecule has 0 atom stereocenters. The highest BCUT2D eigenvalue weighted by molar-refractivity contribution is 5.70. The van der Waals surface area contributed by atoms with Gasteiger partial charge in [-0.1, -0.05) is 36.4 Å². The summed E-state index contributed by atoms with van der Waals surface area (Å²) in [6.07, 6.45) is 4.09. The lowest BCUT2D eigenvalue weighted by Crippen LogP contribution is -1.95. The molecule has 0 saturated carbocycles. The van der Waals surface area contributed by atoms with Crippen LogP contribution in [0, 0.1) is 0 Å². The smallest absolute Gasteiger partial charge is 0.115 e. The molecule has 0 aliphatic rings. The van der Waals surface area contributed by atoms with Gasteiger partial charge in [0, 0.05) is 12.2 Å². The van der Waals surface area contributed by atoms with Crippen LogP contribution in [0.15, 0.2) is 48.5 Å². The van der Waals surface area contributed by atoms with Gasteiger partial charge in [0.15, 0.2) is 0 Å². The van der Waals surface area contributed by atoms with Crippen LogP contribution in [0.3, 0.4) is 0 Å². The lowest BCUT2D eigenvalue weighted by molar-refractivity contribution is 0.475. The van der Waals surface area contributed by atoms with Gasteiger partial charge in [-0.3, -0.25) is 0 Å². The molecule has 0 amide bonds. The molecule has 2 aromatic rings. The fourth-order valence-electron chi connectivity index (χ4n) is 1.69. The minimum Gasteiger partial charge on any atom is -0.508 e. The molecule has 92 valence electrons. The Morgan fingerprint density at radius 3 is 1.89 bits per heavy atom. The number of rotatable bonds is 4. The molecule has 2 N–H and O–H groups in total. The largest absolute Gasteiger partial charge is 0.508 e. The second kappa shape index (κ2) is 5.92. The van der Waals surface area contributed by atoms with Crippen molar-refractivity contribution in [2.45, 2.75) is 6.92 Å². The SMILES string of the molecule is CCNc1ccc(C=Cc2ccc(O)cc2)cc1. The first-order chi connectivity index (χ1) is 8.78. The van der Waals surface area contributed by atoms with Crippen LogP contribution in [0.2, 0.25) is 0 Å². The third kappa shape index (κ3) is 3.39. The first kappa shape index (κ1) is 12.2. The van der Waals surface area contributed by atoms with Gasteiger partial charge < -0.3 is 10.4 Å². The number of anilines is 1. The number of hydrogen-bond acceptors (Lipinski definition) is 2. The van der Waals surface area contributed by atoms with Crippen molar-refractivity contribution in [3.05, 3.63) is 59.7 Å². The number of phenols is 1. The Morgan fingerprint density at radius 1 is 0.889 bits per heavy atom. The second-order valence-electron chi connectivity index (χ2n) is 4.08. The summed E-state index contributed by atoms with van der Waals surface area (Å²) in [4.78, 5) is 0. The van der Waals surface area contributed by atoms with Gasteiger partial charge in [0.25, 0.3) is 0 Å². The molecular weight excluding hydrogens is 222 g/mol. The molecule has 0 saturated heterocycles. The summed E-state index contributed by atoms with van der Waals surface area (Å²) in [6.45, 7) is 3.02. The van der Waals surface area contributed by atoms with Crippen molar-refractivity contribution in [2.24, 2.45) is 0 Å². The van der Waals surface area contributed by atoms with E-state index in [0.717, 1.165) is 23.4 Å². The highest BCUT2D eigenvalue weighted by Gasteiger charge is 1.91. The fourth-order valence-corrected chi connectivity index (χ4v) is 1.69. The molecule has 0 aliphatic heterocycles. The van der Waals surface area contributed by atoms with Gasteiger partial charge in [-0.25, -0.2) is 0 Å². The van der Waals surface area contributed by atoms with Crippen LogP contribution in [0.4, 0.5) is 5.69 Å². The molecule has 0 aliphatic carbocycles. The number of benzene rings is 2. The Morgan fingerprint density at radius 2 is 1.39 bits per heavy atom. The average molecular weight is 239 g/mol. The molecule has 0 unspecified atom stereocenters. The van der Waals surface area contributed by atoms with E-state index in [4.69, 9.17) is 0 Å². The van der Waals surface area contributed by atoms with Crippen LogP contribution in [-0.2, 0) is 0 Å². The van der Waals surface area contributed by atoms with Crippen molar-refractivity contribution in [1.82, 2.24) is 0 Å². The molecule has 0 aromatic heterocycles. The number of hydrogen-bond donors (Lipinski definition) is 2. The van der Waals surface area contributed by atoms with Gasteiger partial charge in [0.05, 0.1) is 0 Å². The molecule has 0 fully saturated rings. The van der Waals surface area contributed by atoms with E-state index in [1.165, 1.54) is 0 Å². The molecule has 2 nitrogen and oxygen atoms in total. The Hall–Kier alpha value is -2.22. The van der Waals surface area contributed by atoms with Crippen molar-refractivity contribution in [1.29, 1.82) is 0 Å². The predicted molar refractivity (Wildman–Crippen MR) is 77.6 cm³/mol. The summed E-state index contributed by atoms with van der Waals surface area (Å²) in [5, 5.41) is 12.5. The van der Waals surface area contributed by atoms with Gasteiger partial charge in [-0.2, -0.15) is 0 Å². The summed E-state index contributed by atoms with van der Waals surface area (Å²) in [6, 6.07) is 15.4. The van der Waals surface area contributed by atoms with Crippen molar-refractivity contribution in [3.8, 4) is 5.75 Å². The third-order valence-corrected chi connectivity index (χ3v) is 2.65. The summed E-state index contributed by atoms with van der Waals surface area (Å²) in [5.74, 6) is 0.294. The predicted octanol–water partition coefficient (Wildman–Crippen LogP) is 3.99. The standard InChI is InChI=1S/C16H17NO/c1-2-17-15-9-5-13(6-10-15)3-4-14-7-11-16(18)12-8-14/h3-12,17-18H,2H2,1H3. The van der Waals surface area contributed by atoms with E-state index in [1.807, 2.05) is 18.2 Å². The van der Waals surface area contributed by atoms with Crippen molar-refractivity contribution < 1.29 is 5.11 Å². The lowest BCUT2D eigenvalue weighted by Gasteiger charge is -2.02. The molecule has 2 aromatic carbocycles. The van der Waals surface area contributed by atoms with Crippen molar-refractivity contribution in [2.75, 3.05) is 11.9 Å². The first-order valence-electron chi connectivity index (χ1n) is 6.09. The van der Waals surface area contributed by atoms with Gasteiger partial charge >= 0.3 is 0 Å². The Labute approximate surface area is 108 Å². The topological polar surface area (TPSA) is 32.3 Å². The monoisotopic (exact) mass is 239 g/mol. The maximum Gasteiger partial charge on any atom is 0.115 e. The minimum absolute atomic E-state index is 0.294. The molecule has 0 spiro atoms. The second-order valence-corrected chi connectivity index (χ2v) is 4.08. The van der Waals surface area contributed by atoms with Gasteiger partial charge in [-0.15, -0.1) is 0 Å². The van der Waals surface area contributed by atoms with Gasteiger partial charge in [0.1, 0.15) is 5.75 Å². The summed E-state index contributed by atoms with van der Waals surface area (Å²) < 4.78 is 0. The summed E-state index contributed by atoms with van der Waals surface area (Å²) in [7, 11) is 0. The van der Waals surface area contributed by atoms with Crippen LogP contribution in [0.1, 0.15) is 18.1 Å². The zero-order chi connectivity index (χ0) is 12.8. The van der Waals surface area contributed by atoms with E-state index in [1.54, 1.807) is 12.1 Å². The fraction of sp³-hybridized carbons (Fsp3) is 0.125. The van der Waals surface area contributed by atoms with E-state index < -0.39 is 0 Å². The van der Waals surface area contributed by atoms with Gasteiger partial charge in [0.2, 0.25) is 0 Å². The lowest BCUT2D eigenvalue weighted by atomic mass is 10.1. The van der Waals surface area contributed by atoms with Crippen LogP contribution in [0.25, 0.3) is 12.2 Å². The van der Waals surface area contributed by atoms with E-state index in [0.29, 0.717) is 5.75 Å². The van der Waals surface area contributed by atoms with Crippen LogP contribution in [0.5, 0.6) is 5.75 Å². The Kier molecular flexibility index (Phi) is 4.02. The number of aromatic hydroxyl groups is 1. The maximum absolute atomic E-state index is 9.19. The normalized spacial score (nSPS) is 10.7. The first-order valence-corrected chi connectivity index (χ1v) is 6.09.